The van der Waals surface area contributed by atoms with Gasteiger partial charge in [0.2, 0.25) is 0 Å². The molecule has 1 aromatic carbocycles. The van der Waals surface area contributed by atoms with Gasteiger partial charge in [0.25, 0.3) is 0 Å². The quantitative estimate of drug-likeness (QED) is 0.453. The van der Waals surface area contributed by atoms with Gasteiger partial charge in [-0.1, -0.05) is 18.2 Å². The monoisotopic (exact) mass is 302 g/mol. The van der Waals surface area contributed by atoms with Crippen molar-refractivity contribution in [2.45, 2.75) is 13.5 Å². The van der Waals surface area contributed by atoms with Crippen LogP contribution in [-0.4, -0.2) is 47.5 Å². The fourth-order valence-electron chi connectivity index (χ4n) is 1.93. The van der Waals surface area contributed by atoms with Crippen molar-refractivity contribution in [2.24, 2.45) is 4.99 Å². The van der Waals surface area contributed by atoms with Gasteiger partial charge >= 0.3 is 0 Å². The second-order valence-corrected chi connectivity index (χ2v) is 4.57. The molecule has 7 heteroatoms. The molecule has 118 valence electrons. The van der Waals surface area contributed by atoms with Crippen LogP contribution < -0.4 is 10.6 Å². The Morgan fingerprint density at radius 2 is 2.09 bits per heavy atom. The number of guanidine groups is 1. The van der Waals surface area contributed by atoms with Crippen LogP contribution in [0.2, 0.25) is 0 Å². The van der Waals surface area contributed by atoms with Crippen LogP contribution in [-0.2, 0) is 11.3 Å². The fourth-order valence-corrected chi connectivity index (χ4v) is 1.93. The van der Waals surface area contributed by atoms with Crippen molar-refractivity contribution in [1.29, 1.82) is 0 Å². The number of nitrogens with zero attached hydrogens (tertiary/aromatic N) is 4. The first-order chi connectivity index (χ1) is 10.8. The van der Waals surface area contributed by atoms with Gasteiger partial charge in [-0.3, -0.25) is 4.57 Å². The Morgan fingerprint density at radius 1 is 1.27 bits per heavy atom. The van der Waals surface area contributed by atoms with Crippen molar-refractivity contribution < 1.29 is 4.74 Å². The lowest BCUT2D eigenvalue weighted by atomic mass is 10.3. The molecular weight excluding hydrogens is 280 g/mol. The molecule has 0 radical (unpaired) electrons. The molecule has 0 aliphatic heterocycles. The number of ether oxygens (including phenoxy) is 1. The summed E-state index contributed by atoms with van der Waals surface area (Å²) in [6.07, 6.45) is 1.70. The third-order valence-corrected chi connectivity index (χ3v) is 2.97. The Labute approximate surface area is 130 Å². The Balaban J connectivity index is 2.06. The zero-order valence-corrected chi connectivity index (χ0v) is 13.0. The Bertz CT molecular complexity index is 581. The van der Waals surface area contributed by atoms with E-state index in [1.807, 2.05) is 41.8 Å². The van der Waals surface area contributed by atoms with Crippen molar-refractivity contribution in [3.8, 4) is 5.69 Å². The van der Waals surface area contributed by atoms with Crippen molar-refractivity contribution in [2.75, 3.05) is 26.8 Å². The van der Waals surface area contributed by atoms with Gasteiger partial charge in [0.1, 0.15) is 12.9 Å². The number of nitrogens with one attached hydrogen (secondary N) is 2. The van der Waals surface area contributed by atoms with E-state index in [1.165, 1.54) is 0 Å². The van der Waals surface area contributed by atoms with Crippen LogP contribution in [0.4, 0.5) is 0 Å². The van der Waals surface area contributed by atoms with E-state index in [4.69, 9.17) is 4.74 Å². The van der Waals surface area contributed by atoms with E-state index < -0.39 is 0 Å². The molecule has 2 N–H and O–H groups in total. The summed E-state index contributed by atoms with van der Waals surface area (Å²) in [6, 6.07) is 9.98. The van der Waals surface area contributed by atoms with E-state index in [1.54, 1.807) is 13.4 Å². The maximum absolute atomic E-state index is 5.03. The average molecular weight is 302 g/mol. The molecule has 0 fully saturated rings. The smallest absolute Gasteiger partial charge is 0.191 e. The highest BCUT2D eigenvalue weighted by Gasteiger charge is 2.06. The maximum Gasteiger partial charge on any atom is 0.191 e. The normalized spacial score (nSPS) is 11.5. The second-order valence-electron chi connectivity index (χ2n) is 4.57. The summed E-state index contributed by atoms with van der Waals surface area (Å²) in [5.41, 5.74) is 1.02. The lowest BCUT2D eigenvalue weighted by molar-refractivity contribution is 0.203. The van der Waals surface area contributed by atoms with Crippen LogP contribution in [0, 0.1) is 0 Å². The van der Waals surface area contributed by atoms with Crippen LogP contribution in [0.3, 0.4) is 0 Å². The van der Waals surface area contributed by atoms with Crippen LogP contribution in [0.25, 0.3) is 5.69 Å². The third kappa shape index (κ3) is 4.56. The van der Waals surface area contributed by atoms with Crippen molar-refractivity contribution in [1.82, 2.24) is 25.4 Å². The molecule has 1 heterocycles. The summed E-state index contributed by atoms with van der Waals surface area (Å²) in [5, 5.41) is 14.5. The Kier molecular flexibility index (Phi) is 6.38. The lowest BCUT2D eigenvalue weighted by Crippen LogP contribution is -2.38. The van der Waals surface area contributed by atoms with Crippen LogP contribution in [0.1, 0.15) is 12.7 Å². The molecule has 0 unspecified atom stereocenters. The molecule has 1 aromatic heterocycles. The molecule has 2 aromatic rings. The van der Waals surface area contributed by atoms with E-state index >= 15 is 0 Å². The summed E-state index contributed by atoms with van der Waals surface area (Å²) in [7, 11) is 1.67. The van der Waals surface area contributed by atoms with Crippen molar-refractivity contribution >= 4 is 5.96 Å². The van der Waals surface area contributed by atoms with Gasteiger partial charge in [-0.05, 0) is 19.1 Å². The SMILES string of the molecule is CCNC(=NCc1nncn1-c1ccccc1)NCCOC. The number of benzene rings is 1. The number of aromatic nitrogens is 3. The van der Waals surface area contributed by atoms with Gasteiger partial charge in [0.15, 0.2) is 11.8 Å². The van der Waals surface area contributed by atoms with Gasteiger partial charge < -0.3 is 15.4 Å². The molecule has 7 nitrogen and oxygen atoms in total. The highest BCUT2D eigenvalue weighted by molar-refractivity contribution is 5.79. The molecule has 0 atom stereocenters. The molecule has 0 spiro atoms. The van der Waals surface area contributed by atoms with Gasteiger partial charge in [0, 0.05) is 25.9 Å². The number of rotatable bonds is 7. The van der Waals surface area contributed by atoms with Gasteiger partial charge in [0.05, 0.1) is 6.61 Å². The molecular formula is C15H22N6O. The van der Waals surface area contributed by atoms with Crippen LogP contribution in [0.15, 0.2) is 41.7 Å². The predicted octanol–water partition coefficient (Wildman–Crippen LogP) is 0.969. The Morgan fingerprint density at radius 3 is 2.82 bits per heavy atom. The van der Waals surface area contributed by atoms with E-state index in [-0.39, 0.29) is 0 Å². The zero-order valence-electron chi connectivity index (χ0n) is 13.0. The minimum absolute atomic E-state index is 0.442. The molecule has 0 bridgehead atoms. The topological polar surface area (TPSA) is 76.4 Å². The van der Waals surface area contributed by atoms with Gasteiger partial charge in [-0.25, -0.2) is 4.99 Å². The first-order valence-corrected chi connectivity index (χ1v) is 7.30. The largest absolute Gasteiger partial charge is 0.383 e. The molecule has 0 saturated carbocycles. The predicted molar refractivity (Wildman–Crippen MR) is 86.1 cm³/mol. The van der Waals surface area contributed by atoms with Crippen LogP contribution >= 0.6 is 0 Å². The summed E-state index contributed by atoms with van der Waals surface area (Å²) < 4.78 is 6.96. The zero-order chi connectivity index (χ0) is 15.6. The molecule has 0 aliphatic carbocycles. The van der Waals surface area contributed by atoms with Crippen molar-refractivity contribution in [3.05, 3.63) is 42.5 Å². The number of methoxy groups -OCH3 is 1. The number of aliphatic imine (C=N–C) groups is 1. The highest BCUT2D eigenvalue weighted by atomic mass is 16.5. The third-order valence-electron chi connectivity index (χ3n) is 2.97. The Hall–Kier alpha value is -2.41. The summed E-state index contributed by atoms with van der Waals surface area (Å²) in [4.78, 5) is 4.53. The summed E-state index contributed by atoms with van der Waals surface area (Å²) in [6.45, 7) is 4.60. The first-order valence-electron chi connectivity index (χ1n) is 7.30. The van der Waals surface area contributed by atoms with E-state index in [0.717, 1.165) is 24.0 Å². The van der Waals surface area contributed by atoms with E-state index in [2.05, 4.69) is 25.8 Å². The van der Waals surface area contributed by atoms with Crippen molar-refractivity contribution in [3.63, 3.8) is 0 Å². The lowest BCUT2D eigenvalue weighted by Gasteiger charge is -2.11. The maximum atomic E-state index is 5.03. The minimum atomic E-state index is 0.442. The number of hydrogen-bond donors (Lipinski definition) is 2. The summed E-state index contributed by atoms with van der Waals surface area (Å²) in [5.74, 6) is 1.53. The molecule has 2 rings (SSSR count). The summed E-state index contributed by atoms with van der Waals surface area (Å²) >= 11 is 0. The standard InChI is InChI=1S/C15H22N6O/c1-3-16-15(17-9-10-22-2)18-11-14-20-19-12-21(14)13-7-5-4-6-8-13/h4-8,12H,3,9-11H2,1-2H3,(H2,16,17,18). The number of para-hydroxylation sites is 1. The fraction of sp³-hybridized carbons (Fsp3) is 0.400. The highest BCUT2D eigenvalue weighted by Crippen LogP contribution is 2.09. The molecule has 0 amide bonds. The number of hydrogen-bond acceptors (Lipinski definition) is 4. The minimum Gasteiger partial charge on any atom is -0.383 e. The molecule has 0 aliphatic rings. The van der Waals surface area contributed by atoms with Crippen LogP contribution in [0.5, 0.6) is 0 Å². The van der Waals surface area contributed by atoms with Gasteiger partial charge in [-0.2, -0.15) is 0 Å². The molecule has 22 heavy (non-hydrogen) atoms. The molecule has 0 saturated heterocycles. The average Bonchev–Trinajstić information content (AvgIpc) is 3.02. The van der Waals surface area contributed by atoms with Gasteiger partial charge in [-0.15, -0.1) is 10.2 Å². The first kappa shape index (κ1) is 16.0. The second kappa shape index (κ2) is 8.78. The van der Waals surface area contributed by atoms with E-state index in [0.29, 0.717) is 19.7 Å². The van der Waals surface area contributed by atoms with E-state index in [9.17, 15) is 0 Å².